The Morgan fingerprint density at radius 2 is 1.84 bits per heavy atom. The average Bonchev–Trinajstić information content (AvgIpc) is 3.28. The van der Waals surface area contributed by atoms with Crippen LogP contribution in [-0.2, 0) is 11.2 Å². The highest BCUT2D eigenvalue weighted by Crippen LogP contribution is 2.32. The Morgan fingerprint density at radius 1 is 1.12 bits per heavy atom. The molecule has 2 heterocycles. The van der Waals surface area contributed by atoms with E-state index in [4.69, 9.17) is 9.15 Å². The SMILES string of the molecule is CCOc1ccccc1-c1nnc(SC(C)C(=O)N2CCC(Cc3ccccc3)CC2)o1. The molecule has 0 spiro atoms. The van der Waals surface area contributed by atoms with E-state index in [0.29, 0.717) is 29.4 Å². The highest BCUT2D eigenvalue weighted by Gasteiger charge is 2.28. The van der Waals surface area contributed by atoms with Gasteiger partial charge in [-0.2, -0.15) is 0 Å². The first-order valence-electron chi connectivity index (χ1n) is 11.2. The molecule has 2 aromatic carbocycles. The number of ether oxygens (including phenoxy) is 1. The zero-order valence-electron chi connectivity index (χ0n) is 18.6. The second-order valence-electron chi connectivity index (χ2n) is 8.02. The largest absolute Gasteiger partial charge is 0.493 e. The zero-order chi connectivity index (χ0) is 22.3. The smallest absolute Gasteiger partial charge is 0.277 e. The van der Waals surface area contributed by atoms with E-state index in [1.165, 1.54) is 17.3 Å². The Bertz CT molecular complexity index is 1020. The van der Waals surface area contributed by atoms with Gasteiger partial charge in [0.25, 0.3) is 11.1 Å². The monoisotopic (exact) mass is 451 g/mol. The predicted molar refractivity (Wildman–Crippen MR) is 126 cm³/mol. The van der Waals surface area contributed by atoms with E-state index in [-0.39, 0.29) is 11.2 Å². The molecule has 1 fully saturated rings. The Kier molecular flexibility index (Phi) is 7.47. The zero-order valence-corrected chi connectivity index (χ0v) is 19.4. The van der Waals surface area contributed by atoms with Gasteiger partial charge in [0.05, 0.1) is 17.4 Å². The van der Waals surface area contributed by atoms with Crippen LogP contribution in [0.1, 0.15) is 32.3 Å². The highest BCUT2D eigenvalue weighted by atomic mass is 32.2. The summed E-state index contributed by atoms with van der Waals surface area (Å²) in [6, 6.07) is 18.2. The maximum Gasteiger partial charge on any atom is 0.277 e. The van der Waals surface area contributed by atoms with Gasteiger partial charge in [-0.25, -0.2) is 0 Å². The summed E-state index contributed by atoms with van der Waals surface area (Å²) in [5.74, 6) is 1.87. The molecule has 1 aromatic heterocycles. The number of carbonyl (C=O) groups excluding carboxylic acids is 1. The summed E-state index contributed by atoms with van der Waals surface area (Å²) in [4.78, 5) is 15.0. The van der Waals surface area contributed by atoms with E-state index in [0.717, 1.165) is 37.9 Å². The van der Waals surface area contributed by atoms with Gasteiger partial charge < -0.3 is 14.1 Å². The standard InChI is InChI=1S/C25H29N3O3S/c1-3-30-22-12-8-7-11-21(22)23-26-27-25(31-23)32-18(2)24(29)28-15-13-20(14-16-28)17-19-9-5-4-6-10-19/h4-12,18,20H,3,13-17H2,1-2H3. The van der Waals surface area contributed by atoms with Gasteiger partial charge in [-0.15, -0.1) is 10.2 Å². The van der Waals surface area contributed by atoms with E-state index in [1.54, 1.807) is 0 Å². The number of nitrogens with zero attached hydrogens (tertiary/aromatic N) is 3. The van der Waals surface area contributed by atoms with Crippen molar-refractivity contribution >= 4 is 17.7 Å². The van der Waals surface area contributed by atoms with Crippen LogP contribution < -0.4 is 4.74 Å². The number of hydrogen-bond donors (Lipinski definition) is 0. The normalized spacial score (nSPS) is 15.5. The van der Waals surface area contributed by atoms with Crippen molar-refractivity contribution < 1.29 is 13.9 Å². The molecular weight excluding hydrogens is 422 g/mol. The second-order valence-corrected chi connectivity index (χ2v) is 9.31. The van der Waals surface area contributed by atoms with Crippen molar-refractivity contribution in [3.63, 3.8) is 0 Å². The van der Waals surface area contributed by atoms with E-state index in [2.05, 4.69) is 34.5 Å². The van der Waals surface area contributed by atoms with Gasteiger partial charge in [0, 0.05) is 13.1 Å². The Hall–Kier alpha value is -2.80. The molecule has 1 atom stereocenters. The summed E-state index contributed by atoms with van der Waals surface area (Å²) >= 11 is 1.31. The van der Waals surface area contributed by atoms with Crippen LogP contribution in [0, 0.1) is 5.92 Å². The highest BCUT2D eigenvalue weighted by molar-refractivity contribution is 8.00. The molecule has 0 aliphatic carbocycles. The minimum absolute atomic E-state index is 0.127. The predicted octanol–water partition coefficient (Wildman–Crippen LogP) is 5.10. The number of piperidine rings is 1. The number of likely N-dealkylation sites (tertiary alicyclic amines) is 1. The van der Waals surface area contributed by atoms with Crippen LogP contribution in [0.3, 0.4) is 0 Å². The number of hydrogen-bond acceptors (Lipinski definition) is 6. The third kappa shape index (κ3) is 5.51. The Morgan fingerprint density at radius 3 is 2.59 bits per heavy atom. The van der Waals surface area contributed by atoms with Gasteiger partial charge in [0.15, 0.2) is 0 Å². The lowest BCUT2D eigenvalue weighted by Gasteiger charge is -2.33. The van der Waals surface area contributed by atoms with Crippen molar-refractivity contribution in [3.05, 3.63) is 60.2 Å². The van der Waals surface area contributed by atoms with Crippen LogP contribution in [0.2, 0.25) is 0 Å². The van der Waals surface area contributed by atoms with Gasteiger partial charge in [0.2, 0.25) is 5.91 Å². The van der Waals surface area contributed by atoms with Crippen molar-refractivity contribution in [2.75, 3.05) is 19.7 Å². The molecule has 7 heteroatoms. The van der Waals surface area contributed by atoms with Crippen LogP contribution >= 0.6 is 11.8 Å². The third-order valence-corrected chi connectivity index (χ3v) is 6.66. The number of thioether (sulfide) groups is 1. The van der Waals surface area contributed by atoms with E-state index < -0.39 is 0 Å². The van der Waals surface area contributed by atoms with Crippen LogP contribution in [-0.4, -0.2) is 46.0 Å². The van der Waals surface area contributed by atoms with E-state index in [1.807, 2.05) is 49.1 Å². The molecule has 3 aromatic rings. The Labute approximate surface area is 193 Å². The molecular formula is C25H29N3O3S. The molecule has 1 aliphatic rings. The second kappa shape index (κ2) is 10.7. The van der Waals surface area contributed by atoms with Gasteiger partial charge in [-0.3, -0.25) is 4.79 Å². The Balaban J connectivity index is 1.31. The fourth-order valence-electron chi connectivity index (χ4n) is 4.05. The van der Waals surface area contributed by atoms with Gasteiger partial charge >= 0.3 is 0 Å². The lowest BCUT2D eigenvalue weighted by molar-refractivity contribution is -0.131. The molecule has 0 bridgehead atoms. The van der Waals surface area contributed by atoms with E-state index >= 15 is 0 Å². The molecule has 0 N–H and O–H groups in total. The van der Waals surface area contributed by atoms with Crippen molar-refractivity contribution in [1.29, 1.82) is 0 Å². The molecule has 0 radical (unpaired) electrons. The summed E-state index contributed by atoms with van der Waals surface area (Å²) in [5.41, 5.74) is 2.13. The first kappa shape index (κ1) is 22.4. The lowest BCUT2D eigenvalue weighted by atomic mass is 9.90. The quantitative estimate of drug-likeness (QED) is 0.444. The minimum Gasteiger partial charge on any atom is -0.493 e. The van der Waals surface area contributed by atoms with Gasteiger partial charge in [-0.1, -0.05) is 54.2 Å². The topological polar surface area (TPSA) is 68.5 Å². The third-order valence-electron chi connectivity index (χ3n) is 5.74. The number of amides is 1. The van der Waals surface area contributed by atoms with Gasteiger partial charge in [0.1, 0.15) is 5.75 Å². The lowest BCUT2D eigenvalue weighted by Crippen LogP contribution is -2.42. The maximum absolute atomic E-state index is 13.0. The van der Waals surface area contributed by atoms with Crippen LogP contribution in [0.4, 0.5) is 0 Å². The maximum atomic E-state index is 13.0. The summed E-state index contributed by atoms with van der Waals surface area (Å²) in [6.45, 7) is 6.00. The fraction of sp³-hybridized carbons (Fsp3) is 0.400. The van der Waals surface area contributed by atoms with Crippen molar-refractivity contribution in [1.82, 2.24) is 15.1 Å². The molecule has 1 unspecified atom stereocenters. The first-order chi connectivity index (χ1) is 15.6. The summed E-state index contributed by atoms with van der Waals surface area (Å²) in [6.07, 6.45) is 3.16. The molecule has 168 valence electrons. The minimum atomic E-state index is -0.281. The molecule has 0 saturated carbocycles. The summed E-state index contributed by atoms with van der Waals surface area (Å²) < 4.78 is 11.5. The molecule has 1 amide bonds. The van der Waals surface area contributed by atoms with E-state index in [9.17, 15) is 4.79 Å². The molecule has 4 rings (SSSR count). The number of carbonyl (C=O) groups is 1. The number of aromatic nitrogens is 2. The molecule has 6 nitrogen and oxygen atoms in total. The van der Waals surface area contributed by atoms with Crippen molar-refractivity contribution in [2.45, 2.75) is 43.6 Å². The molecule has 1 saturated heterocycles. The molecule has 32 heavy (non-hydrogen) atoms. The number of rotatable bonds is 8. The molecule has 1 aliphatic heterocycles. The van der Waals surface area contributed by atoms with Crippen LogP contribution in [0.5, 0.6) is 5.75 Å². The first-order valence-corrected chi connectivity index (χ1v) is 12.1. The van der Waals surface area contributed by atoms with Gasteiger partial charge in [-0.05, 0) is 56.7 Å². The van der Waals surface area contributed by atoms with Crippen LogP contribution in [0.15, 0.2) is 64.2 Å². The average molecular weight is 452 g/mol. The fourth-order valence-corrected chi connectivity index (χ4v) is 4.82. The summed E-state index contributed by atoms with van der Waals surface area (Å²) in [5, 5.41) is 8.42. The number of benzene rings is 2. The van der Waals surface area contributed by atoms with Crippen LogP contribution in [0.25, 0.3) is 11.5 Å². The van der Waals surface area contributed by atoms with Crippen molar-refractivity contribution in [2.24, 2.45) is 5.92 Å². The summed E-state index contributed by atoms with van der Waals surface area (Å²) in [7, 11) is 0. The van der Waals surface area contributed by atoms with Crippen molar-refractivity contribution in [3.8, 4) is 17.2 Å². The number of para-hydroxylation sites is 1.